The Balaban J connectivity index is 2.36. The maximum atomic E-state index is 12.7. The van der Waals surface area contributed by atoms with E-state index < -0.39 is 0 Å². The van der Waals surface area contributed by atoms with Gasteiger partial charge in [0.15, 0.2) is 4.96 Å². The van der Waals surface area contributed by atoms with E-state index in [2.05, 4.69) is 24.0 Å². The summed E-state index contributed by atoms with van der Waals surface area (Å²) in [6, 6.07) is 11.7. The molecule has 0 saturated heterocycles. The predicted molar refractivity (Wildman–Crippen MR) is 83.8 cm³/mol. The van der Waals surface area contributed by atoms with E-state index in [1.54, 1.807) is 15.7 Å². The summed E-state index contributed by atoms with van der Waals surface area (Å²) in [6.45, 7) is 4.12. The van der Waals surface area contributed by atoms with Crippen LogP contribution in [-0.2, 0) is 0 Å². The largest absolute Gasteiger partial charge is 0.268 e. The van der Waals surface area contributed by atoms with E-state index in [0.29, 0.717) is 5.39 Å². The van der Waals surface area contributed by atoms with Gasteiger partial charge in [-0.05, 0) is 43.2 Å². The summed E-state index contributed by atoms with van der Waals surface area (Å²) in [5.41, 5.74) is 4.09. The second-order valence-electron chi connectivity index (χ2n) is 5.08. The molecule has 0 spiro atoms. The molecule has 0 N–H and O–H groups in total. The van der Waals surface area contributed by atoms with Gasteiger partial charge in [0, 0.05) is 0 Å². The van der Waals surface area contributed by atoms with E-state index in [1.165, 1.54) is 5.56 Å². The van der Waals surface area contributed by atoms with Crippen LogP contribution in [0.1, 0.15) is 11.1 Å². The number of thiazole rings is 1. The zero-order valence-electron chi connectivity index (χ0n) is 11.2. The van der Waals surface area contributed by atoms with Crippen molar-refractivity contribution in [3.8, 4) is 0 Å². The molecule has 3 nitrogen and oxygen atoms in total. The average Bonchev–Trinajstić information content (AvgIpc) is 2.77. The standard InChI is InChI=1S/C16H12N2OS/c1-9-7-10(2)14-13(8-9)20-16-17-12-6-4-3-5-11(12)15(19)18(14)16/h3-8H,1-2H3. The van der Waals surface area contributed by atoms with Crippen LogP contribution in [0.3, 0.4) is 0 Å². The molecular formula is C16H12N2OS. The fourth-order valence-electron chi connectivity index (χ4n) is 2.76. The molecule has 4 rings (SSSR count). The highest BCUT2D eigenvalue weighted by molar-refractivity contribution is 7.23. The first-order valence-corrected chi connectivity index (χ1v) is 7.28. The fraction of sp³-hybridized carbons (Fsp3) is 0.125. The van der Waals surface area contributed by atoms with E-state index in [9.17, 15) is 4.79 Å². The van der Waals surface area contributed by atoms with Crippen molar-refractivity contribution in [2.75, 3.05) is 0 Å². The van der Waals surface area contributed by atoms with Gasteiger partial charge in [-0.1, -0.05) is 29.5 Å². The number of hydrogen-bond acceptors (Lipinski definition) is 3. The maximum Gasteiger partial charge on any atom is 0.266 e. The minimum absolute atomic E-state index is 0.0174. The molecule has 0 aliphatic carbocycles. The summed E-state index contributed by atoms with van der Waals surface area (Å²) in [4.78, 5) is 18.1. The monoisotopic (exact) mass is 280 g/mol. The van der Waals surface area contributed by atoms with Crippen molar-refractivity contribution in [3.63, 3.8) is 0 Å². The van der Waals surface area contributed by atoms with Crippen LogP contribution < -0.4 is 5.56 Å². The van der Waals surface area contributed by atoms with Crippen molar-refractivity contribution in [2.45, 2.75) is 13.8 Å². The summed E-state index contributed by atoms with van der Waals surface area (Å²) in [7, 11) is 0. The Kier molecular flexibility index (Phi) is 2.26. The molecule has 0 bridgehead atoms. The lowest BCUT2D eigenvalue weighted by Crippen LogP contribution is -2.13. The number of fused-ring (bicyclic) bond motifs is 4. The van der Waals surface area contributed by atoms with Gasteiger partial charge in [0.2, 0.25) is 0 Å². The Hall–Kier alpha value is -2.20. The van der Waals surface area contributed by atoms with Gasteiger partial charge in [0.1, 0.15) is 0 Å². The van der Waals surface area contributed by atoms with Crippen LogP contribution >= 0.6 is 11.3 Å². The number of aromatic nitrogens is 2. The highest BCUT2D eigenvalue weighted by Crippen LogP contribution is 2.28. The van der Waals surface area contributed by atoms with Crippen molar-refractivity contribution in [2.24, 2.45) is 0 Å². The molecule has 2 aromatic heterocycles. The van der Waals surface area contributed by atoms with Crippen LogP contribution in [0.2, 0.25) is 0 Å². The minimum Gasteiger partial charge on any atom is -0.268 e. The van der Waals surface area contributed by atoms with Crippen LogP contribution in [0.25, 0.3) is 26.1 Å². The third kappa shape index (κ3) is 1.45. The number of benzene rings is 2. The number of nitrogens with zero attached hydrogens (tertiary/aromatic N) is 2. The molecule has 0 atom stereocenters. The smallest absolute Gasteiger partial charge is 0.266 e. The first-order valence-electron chi connectivity index (χ1n) is 6.46. The molecule has 0 saturated carbocycles. The number of hydrogen-bond donors (Lipinski definition) is 0. The maximum absolute atomic E-state index is 12.7. The van der Waals surface area contributed by atoms with Crippen molar-refractivity contribution in [1.29, 1.82) is 0 Å². The zero-order chi connectivity index (χ0) is 13.9. The molecule has 4 heteroatoms. The lowest BCUT2D eigenvalue weighted by atomic mass is 10.1. The SMILES string of the molecule is Cc1cc(C)c2c(c1)sc1nc3ccccc3c(=O)n12. The van der Waals surface area contributed by atoms with Gasteiger partial charge in [0.25, 0.3) is 5.56 Å². The molecule has 20 heavy (non-hydrogen) atoms. The van der Waals surface area contributed by atoms with Gasteiger partial charge in [-0.25, -0.2) is 4.98 Å². The number of aryl methyl sites for hydroxylation is 2. The minimum atomic E-state index is 0.0174. The lowest BCUT2D eigenvalue weighted by Gasteiger charge is -2.02. The topological polar surface area (TPSA) is 34.4 Å². The van der Waals surface area contributed by atoms with Crippen molar-refractivity contribution < 1.29 is 0 Å². The summed E-state index contributed by atoms with van der Waals surface area (Å²) >= 11 is 1.57. The third-order valence-electron chi connectivity index (χ3n) is 3.58. The van der Waals surface area contributed by atoms with E-state index >= 15 is 0 Å². The zero-order valence-corrected chi connectivity index (χ0v) is 12.0. The van der Waals surface area contributed by atoms with Gasteiger partial charge in [-0.3, -0.25) is 9.20 Å². The Bertz CT molecular complexity index is 1040. The quantitative estimate of drug-likeness (QED) is 0.492. The van der Waals surface area contributed by atoms with Gasteiger partial charge in [0.05, 0.1) is 21.1 Å². The van der Waals surface area contributed by atoms with E-state index in [4.69, 9.17) is 0 Å². The second kappa shape index (κ2) is 3.90. The van der Waals surface area contributed by atoms with Crippen LogP contribution in [-0.4, -0.2) is 9.38 Å². The summed E-state index contributed by atoms with van der Waals surface area (Å²) in [6.07, 6.45) is 0. The lowest BCUT2D eigenvalue weighted by molar-refractivity contribution is 1.15. The molecule has 0 aliphatic rings. The van der Waals surface area contributed by atoms with Gasteiger partial charge in [-0.15, -0.1) is 0 Å². The highest BCUT2D eigenvalue weighted by atomic mass is 32.1. The molecule has 0 amide bonds. The molecule has 0 aliphatic heterocycles. The molecule has 0 fully saturated rings. The molecule has 98 valence electrons. The fourth-order valence-corrected chi connectivity index (χ4v) is 3.96. The summed E-state index contributed by atoms with van der Waals surface area (Å²) in [5, 5.41) is 0.671. The summed E-state index contributed by atoms with van der Waals surface area (Å²) < 4.78 is 2.86. The first kappa shape index (κ1) is 11.6. The third-order valence-corrected chi connectivity index (χ3v) is 4.57. The van der Waals surface area contributed by atoms with Gasteiger partial charge in [-0.2, -0.15) is 0 Å². The van der Waals surface area contributed by atoms with Crippen molar-refractivity contribution >= 4 is 37.4 Å². The predicted octanol–water partition coefficient (Wildman–Crippen LogP) is 3.68. The Labute approximate surface area is 119 Å². The van der Waals surface area contributed by atoms with E-state index in [1.807, 2.05) is 31.2 Å². The van der Waals surface area contributed by atoms with Crippen LogP contribution in [0.5, 0.6) is 0 Å². The second-order valence-corrected chi connectivity index (χ2v) is 6.09. The first-order chi connectivity index (χ1) is 9.65. The number of para-hydroxylation sites is 1. The highest BCUT2D eigenvalue weighted by Gasteiger charge is 2.13. The van der Waals surface area contributed by atoms with E-state index in [0.717, 1.165) is 26.3 Å². The molecule has 0 radical (unpaired) electrons. The Morgan fingerprint density at radius 2 is 1.95 bits per heavy atom. The van der Waals surface area contributed by atoms with Crippen molar-refractivity contribution in [3.05, 3.63) is 57.9 Å². The van der Waals surface area contributed by atoms with Crippen LogP contribution in [0, 0.1) is 13.8 Å². The Morgan fingerprint density at radius 3 is 2.80 bits per heavy atom. The molecule has 2 aromatic carbocycles. The summed E-state index contributed by atoms with van der Waals surface area (Å²) in [5.74, 6) is 0. The van der Waals surface area contributed by atoms with E-state index in [-0.39, 0.29) is 5.56 Å². The molecular weight excluding hydrogens is 268 g/mol. The van der Waals surface area contributed by atoms with Gasteiger partial charge < -0.3 is 0 Å². The van der Waals surface area contributed by atoms with Crippen LogP contribution in [0.4, 0.5) is 0 Å². The van der Waals surface area contributed by atoms with Crippen molar-refractivity contribution in [1.82, 2.24) is 9.38 Å². The van der Waals surface area contributed by atoms with Crippen LogP contribution in [0.15, 0.2) is 41.2 Å². The van der Waals surface area contributed by atoms with Gasteiger partial charge >= 0.3 is 0 Å². The number of rotatable bonds is 0. The Morgan fingerprint density at radius 1 is 1.15 bits per heavy atom. The molecule has 4 aromatic rings. The normalized spacial score (nSPS) is 11.7. The molecule has 0 unspecified atom stereocenters. The average molecular weight is 280 g/mol. The molecule has 2 heterocycles.